The molecule has 0 radical (unpaired) electrons. The molecule has 0 aliphatic heterocycles. The lowest BCUT2D eigenvalue weighted by Crippen LogP contribution is -2.41. The van der Waals surface area contributed by atoms with Crippen molar-refractivity contribution in [3.8, 4) is 5.75 Å². The highest BCUT2D eigenvalue weighted by Crippen LogP contribution is 2.22. The molecule has 0 unspecified atom stereocenters. The molecule has 8 nitrogen and oxygen atoms in total. The number of anilines is 1. The van der Waals surface area contributed by atoms with Gasteiger partial charge in [-0.3, -0.25) is 19.3 Å². The molecule has 0 saturated heterocycles. The minimum absolute atomic E-state index is 0.271. The predicted octanol–water partition coefficient (Wildman–Crippen LogP) is -0.494. The molecule has 1 aromatic carbocycles. The smallest absolute Gasteiger partial charge is 0.317 e. The number of benzene rings is 1. The van der Waals surface area contributed by atoms with Crippen LogP contribution >= 0.6 is 0 Å². The van der Waals surface area contributed by atoms with Crippen LogP contribution in [0.5, 0.6) is 5.75 Å². The van der Waals surface area contributed by atoms with Gasteiger partial charge in [0.25, 0.3) is 0 Å². The Balaban J connectivity index is 2.68. The van der Waals surface area contributed by atoms with E-state index in [2.05, 4.69) is 5.32 Å². The van der Waals surface area contributed by atoms with Crippen molar-refractivity contribution in [3.05, 3.63) is 24.3 Å². The van der Waals surface area contributed by atoms with Crippen molar-refractivity contribution < 1.29 is 24.2 Å². The Labute approximate surface area is 121 Å². The van der Waals surface area contributed by atoms with Gasteiger partial charge in [-0.25, -0.2) is 0 Å². The fourth-order valence-corrected chi connectivity index (χ4v) is 1.72. The Hall–Kier alpha value is -2.61. The molecule has 0 aliphatic carbocycles. The number of carboxylic acid groups (broad SMARTS) is 1. The average molecular weight is 295 g/mol. The lowest BCUT2D eigenvalue weighted by molar-refractivity contribution is -0.138. The summed E-state index contributed by atoms with van der Waals surface area (Å²) < 4.78 is 5.08. The van der Waals surface area contributed by atoms with E-state index in [0.717, 1.165) is 4.90 Å². The Bertz CT molecular complexity index is 516. The largest absolute Gasteiger partial charge is 0.495 e. The lowest BCUT2D eigenvalue weighted by Gasteiger charge is -2.18. The molecule has 114 valence electrons. The van der Waals surface area contributed by atoms with Crippen LogP contribution in [0.1, 0.15) is 0 Å². The number of hydrogen-bond acceptors (Lipinski definition) is 5. The summed E-state index contributed by atoms with van der Waals surface area (Å²) in [5.74, 6) is -1.85. The standard InChI is InChI=1S/C13H17N3O5/c1-21-10-5-3-2-4-9(10)15-12(18)7-16(6-11(14)17)8-13(19)20/h2-5H,6-8H2,1H3,(H2,14,17)(H,15,18)(H,19,20). The van der Waals surface area contributed by atoms with Crippen LogP contribution in [0.4, 0.5) is 5.69 Å². The highest BCUT2D eigenvalue weighted by molar-refractivity contribution is 5.94. The number of para-hydroxylation sites is 2. The quantitative estimate of drug-likeness (QED) is 0.594. The molecule has 0 fully saturated rings. The molecular weight excluding hydrogens is 278 g/mol. The van der Waals surface area contributed by atoms with Gasteiger partial charge in [0, 0.05) is 0 Å². The SMILES string of the molecule is COc1ccccc1NC(=O)CN(CC(N)=O)CC(=O)O. The molecule has 0 aliphatic rings. The van der Waals surface area contributed by atoms with Crippen molar-refractivity contribution in [1.82, 2.24) is 4.90 Å². The normalized spacial score (nSPS) is 10.2. The molecule has 4 N–H and O–H groups in total. The molecular formula is C13H17N3O5. The van der Waals surface area contributed by atoms with Gasteiger partial charge in [-0.05, 0) is 12.1 Å². The van der Waals surface area contributed by atoms with E-state index in [-0.39, 0.29) is 13.1 Å². The number of carbonyl (C=O) groups is 3. The van der Waals surface area contributed by atoms with Crippen LogP contribution < -0.4 is 15.8 Å². The summed E-state index contributed by atoms with van der Waals surface area (Å²) >= 11 is 0. The summed E-state index contributed by atoms with van der Waals surface area (Å²) in [6.07, 6.45) is 0. The number of primary amides is 1. The monoisotopic (exact) mass is 295 g/mol. The van der Waals surface area contributed by atoms with E-state index in [1.165, 1.54) is 7.11 Å². The number of nitrogens with one attached hydrogen (secondary N) is 1. The summed E-state index contributed by atoms with van der Waals surface area (Å²) in [4.78, 5) is 34.6. The third-order valence-corrected chi connectivity index (χ3v) is 2.49. The van der Waals surface area contributed by atoms with Crippen LogP contribution in [-0.4, -0.2) is 54.5 Å². The number of carbonyl (C=O) groups excluding carboxylic acids is 2. The van der Waals surface area contributed by atoms with Gasteiger partial charge in [-0.15, -0.1) is 0 Å². The molecule has 0 aromatic heterocycles. The predicted molar refractivity (Wildman–Crippen MR) is 74.9 cm³/mol. The van der Waals surface area contributed by atoms with Crippen LogP contribution in [0, 0.1) is 0 Å². The Morgan fingerprint density at radius 3 is 2.48 bits per heavy atom. The number of rotatable bonds is 8. The number of ether oxygens (including phenoxy) is 1. The highest BCUT2D eigenvalue weighted by Gasteiger charge is 2.17. The van der Waals surface area contributed by atoms with Crippen LogP contribution in [0.3, 0.4) is 0 Å². The van der Waals surface area contributed by atoms with Gasteiger partial charge >= 0.3 is 5.97 Å². The Morgan fingerprint density at radius 1 is 1.24 bits per heavy atom. The average Bonchev–Trinajstić information content (AvgIpc) is 2.37. The van der Waals surface area contributed by atoms with Crippen molar-refractivity contribution in [3.63, 3.8) is 0 Å². The van der Waals surface area contributed by atoms with Crippen molar-refractivity contribution in [2.45, 2.75) is 0 Å². The first-order valence-corrected chi connectivity index (χ1v) is 6.07. The molecule has 0 saturated carbocycles. The second-order valence-corrected chi connectivity index (χ2v) is 4.25. The summed E-state index contributed by atoms with van der Waals surface area (Å²) in [6.45, 7) is -1.04. The molecule has 0 atom stereocenters. The van der Waals surface area contributed by atoms with Gasteiger partial charge in [0.15, 0.2) is 0 Å². The second-order valence-electron chi connectivity index (χ2n) is 4.25. The van der Waals surface area contributed by atoms with Crippen LogP contribution in [0.2, 0.25) is 0 Å². The molecule has 0 heterocycles. The lowest BCUT2D eigenvalue weighted by atomic mass is 10.3. The van der Waals surface area contributed by atoms with Crippen molar-refractivity contribution in [1.29, 1.82) is 0 Å². The fourth-order valence-electron chi connectivity index (χ4n) is 1.72. The van der Waals surface area contributed by atoms with Crippen molar-refractivity contribution in [2.75, 3.05) is 32.1 Å². The van der Waals surface area contributed by atoms with E-state index in [1.54, 1.807) is 24.3 Å². The van der Waals surface area contributed by atoms with Crippen LogP contribution in [0.15, 0.2) is 24.3 Å². The zero-order chi connectivity index (χ0) is 15.8. The maximum absolute atomic E-state index is 11.9. The third kappa shape index (κ3) is 5.91. The van der Waals surface area contributed by atoms with Crippen molar-refractivity contribution in [2.24, 2.45) is 5.73 Å². The number of amides is 2. The zero-order valence-electron chi connectivity index (χ0n) is 11.5. The van der Waals surface area contributed by atoms with Gasteiger partial charge in [0.2, 0.25) is 11.8 Å². The maximum Gasteiger partial charge on any atom is 0.317 e. The summed E-state index contributed by atoms with van der Waals surface area (Å²) in [5, 5.41) is 11.3. The second kappa shape index (κ2) is 7.85. The van der Waals surface area contributed by atoms with Crippen LogP contribution in [-0.2, 0) is 14.4 Å². The first-order valence-electron chi connectivity index (χ1n) is 6.07. The number of nitrogens with zero attached hydrogens (tertiary/aromatic N) is 1. The van der Waals surface area contributed by atoms with Gasteiger partial charge in [0.1, 0.15) is 5.75 Å². The Kier molecular flexibility index (Phi) is 6.15. The van der Waals surface area contributed by atoms with Gasteiger partial charge in [-0.2, -0.15) is 0 Å². The van der Waals surface area contributed by atoms with Gasteiger partial charge < -0.3 is 20.9 Å². The van der Waals surface area contributed by atoms with E-state index >= 15 is 0 Å². The molecule has 8 heteroatoms. The number of nitrogens with two attached hydrogens (primary N) is 1. The first-order chi connectivity index (χ1) is 9.92. The van der Waals surface area contributed by atoms with Crippen molar-refractivity contribution >= 4 is 23.5 Å². The zero-order valence-corrected chi connectivity index (χ0v) is 11.5. The molecule has 0 bridgehead atoms. The Morgan fingerprint density at radius 2 is 1.90 bits per heavy atom. The van der Waals surface area contributed by atoms with E-state index in [9.17, 15) is 14.4 Å². The van der Waals surface area contributed by atoms with E-state index in [0.29, 0.717) is 11.4 Å². The number of carboxylic acids is 1. The number of methoxy groups -OCH3 is 1. The fraction of sp³-hybridized carbons (Fsp3) is 0.308. The van der Waals surface area contributed by atoms with Crippen LogP contribution in [0.25, 0.3) is 0 Å². The van der Waals surface area contributed by atoms with E-state index < -0.39 is 24.3 Å². The highest BCUT2D eigenvalue weighted by atomic mass is 16.5. The topological polar surface area (TPSA) is 122 Å². The first kappa shape index (κ1) is 16.4. The maximum atomic E-state index is 11.9. The van der Waals surface area contributed by atoms with E-state index in [4.69, 9.17) is 15.6 Å². The minimum Gasteiger partial charge on any atom is -0.495 e. The van der Waals surface area contributed by atoms with Gasteiger partial charge in [-0.1, -0.05) is 12.1 Å². The summed E-state index contributed by atoms with van der Waals surface area (Å²) in [7, 11) is 1.47. The molecule has 21 heavy (non-hydrogen) atoms. The summed E-state index contributed by atoms with van der Waals surface area (Å²) in [5.41, 5.74) is 5.48. The molecule has 1 aromatic rings. The molecule has 2 amide bonds. The van der Waals surface area contributed by atoms with Gasteiger partial charge in [0.05, 0.1) is 32.4 Å². The third-order valence-electron chi connectivity index (χ3n) is 2.49. The van der Waals surface area contributed by atoms with E-state index in [1.807, 2.05) is 0 Å². The number of aliphatic carboxylic acids is 1. The molecule has 1 rings (SSSR count). The number of hydrogen-bond donors (Lipinski definition) is 3. The minimum atomic E-state index is -1.15. The molecule has 0 spiro atoms. The summed E-state index contributed by atoms with van der Waals surface area (Å²) in [6, 6.07) is 6.79.